The molecular formula is C13H18N2O3. The van der Waals surface area contributed by atoms with Gasteiger partial charge in [0, 0.05) is 11.6 Å². The summed E-state index contributed by atoms with van der Waals surface area (Å²) in [6.07, 6.45) is 2.93. The van der Waals surface area contributed by atoms with Gasteiger partial charge in [-0.1, -0.05) is 20.8 Å². The maximum absolute atomic E-state index is 11.9. The smallest absolute Gasteiger partial charge is 0.340 e. The molecule has 5 nitrogen and oxygen atoms in total. The molecule has 0 fully saturated rings. The number of amides is 1. The van der Waals surface area contributed by atoms with Gasteiger partial charge in [0.05, 0.1) is 24.1 Å². The molecule has 0 bridgehead atoms. The number of carbonyl (C=O) groups excluding carboxylic acids is 2. The van der Waals surface area contributed by atoms with Crippen LogP contribution in [0, 0.1) is 5.41 Å². The first-order valence-electron chi connectivity index (χ1n) is 5.79. The Balaban J connectivity index is 2.96. The lowest BCUT2D eigenvalue weighted by Crippen LogP contribution is -2.28. The summed E-state index contributed by atoms with van der Waals surface area (Å²) < 4.78 is 4.92. The van der Waals surface area contributed by atoms with E-state index in [1.807, 2.05) is 0 Å². The first-order valence-corrected chi connectivity index (χ1v) is 5.79. The molecule has 1 N–H and O–H groups in total. The van der Waals surface area contributed by atoms with Crippen LogP contribution in [0.1, 0.15) is 38.1 Å². The zero-order valence-electron chi connectivity index (χ0n) is 11.1. The number of hydrogen-bond acceptors (Lipinski definition) is 4. The Bertz CT molecular complexity index is 450. The minimum absolute atomic E-state index is 0.180. The predicted molar refractivity (Wildman–Crippen MR) is 68.3 cm³/mol. The van der Waals surface area contributed by atoms with Crippen LogP contribution < -0.4 is 5.32 Å². The Morgan fingerprint density at radius 3 is 2.61 bits per heavy atom. The molecule has 0 radical (unpaired) electrons. The Hall–Kier alpha value is -1.91. The number of anilines is 1. The predicted octanol–water partition coefficient (Wildman–Crippen LogP) is 2.24. The number of nitrogens with one attached hydrogen (secondary N) is 1. The first kappa shape index (κ1) is 14.2. The third-order valence-electron chi connectivity index (χ3n) is 2.25. The molecule has 0 aromatic carbocycles. The number of carbonyl (C=O) groups is 2. The van der Waals surface area contributed by atoms with E-state index in [2.05, 4.69) is 10.3 Å². The van der Waals surface area contributed by atoms with Crippen molar-refractivity contribution in [3.63, 3.8) is 0 Å². The van der Waals surface area contributed by atoms with Gasteiger partial charge in [0.25, 0.3) is 0 Å². The Morgan fingerprint density at radius 1 is 1.39 bits per heavy atom. The van der Waals surface area contributed by atoms with Crippen LogP contribution in [-0.4, -0.2) is 23.5 Å². The van der Waals surface area contributed by atoms with E-state index < -0.39 is 11.4 Å². The molecule has 1 rings (SSSR count). The second kappa shape index (κ2) is 5.62. The van der Waals surface area contributed by atoms with Crippen LogP contribution in [0.2, 0.25) is 0 Å². The van der Waals surface area contributed by atoms with Gasteiger partial charge in [-0.3, -0.25) is 9.78 Å². The van der Waals surface area contributed by atoms with Crippen LogP contribution in [0.4, 0.5) is 5.69 Å². The summed E-state index contributed by atoms with van der Waals surface area (Å²) >= 11 is 0. The lowest BCUT2D eigenvalue weighted by Gasteiger charge is -2.18. The molecule has 1 aromatic heterocycles. The van der Waals surface area contributed by atoms with E-state index in [1.165, 1.54) is 18.5 Å². The number of hydrogen-bond donors (Lipinski definition) is 1. The Kier molecular flexibility index (Phi) is 4.42. The second-order valence-corrected chi connectivity index (χ2v) is 4.85. The lowest BCUT2D eigenvalue weighted by atomic mass is 9.95. The average Bonchev–Trinajstić information content (AvgIpc) is 2.28. The molecule has 98 valence electrons. The van der Waals surface area contributed by atoms with E-state index in [9.17, 15) is 9.59 Å². The Labute approximate surface area is 107 Å². The van der Waals surface area contributed by atoms with Gasteiger partial charge in [0.1, 0.15) is 0 Å². The largest absolute Gasteiger partial charge is 0.462 e. The van der Waals surface area contributed by atoms with Crippen LogP contribution in [0.15, 0.2) is 18.5 Å². The first-order chi connectivity index (χ1) is 8.36. The Morgan fingerprint density at radius 2 is 2.06 bits per heavy atom. The van der Waals surface area contributed by atoms with Gasteiger partial charge in [-0.15, -0.1) is 0 Å². The fraction of sp³-hybridized carbons (Fsp3) is 0.462. The minimum atomic E-state index is -0.540. The van der Waals surface area contributed by atoms with Crippen molar-refractivity contribution in [2.75, 3.05) is 11.9 Å². The zero-order chi connectivity index (χ0) is 13.8. The van der Waals surface area contributed by atoms with Crippen LogP contribution in [0.25, 0.3) is 0 Å². The van der Waals surface area contributed by atoms with Crippen LogP contribution in [0.3, 0.4) is 0 Å². The van der Waals surface area contributed by atoms with Crippen molar-refractivity contribution in [2.24, 2.45) is 5.41 Å². The summed E-state index contributed by atoms with van der Waals surface area (Å²) in [6, 6.07) is 1.52. The molecule has 0 unspecified atom stereocenters. The molecule has 0 aliphatic rings. The standard InChI is InChI=1S/C13H18N2O3/c1-5-18-11(16)9-6-7-14-8-10(9)15-12(17)13(2,3)4/h6-8H,5H2,1-4H3,(H,15,17). The highest BCUT2D eigenvalue weighted by molar-refractivity contribution is 6.02. The molecule has 0 spiro atoms. The zero-order valence-corrected chi connectivity index (χ0v) is 11.1. The lowest BCUT2D eigenvalue weighted by molar-refractivity contribution is -0.123. The van der Waals surface area contributed by atoms with Crippen LogP contribution in [0.5, 0.6) is 0 Å². The van der Waals surface area contributed by atoms with Crippen LogP contribution in [-0.2, 0) is 9.53 Å². The number of esters is 1. The van der Waals surface area contributed by atoms with Gasteiger partial charge >= 0.3 is 5.97 Å². The number of aromatic nitrogens is 1. The summed E-state index contributed by atoms with van der Waals surface area (Å²) in [7, 11) is 0. The summed E-state index contributed by atoms with van der Waals surface area (Å²) in [4.78, 5) is 27.5. The van der Waals surface area contributed by atoms with Gasteiger partial charge in [-0.05, 0) is 13.0 Å². The number of rotatable bonds is 3. The van der Waals surface area contributed by atoms with E-state index in [4.69, 9.17) is 4.74 Å². The number of nitrogens with zero attached hydrogens (tertiary/aromatic N) is 1. The highest BCUT2D eigenvalue weighted by Gasteiger charge is 2.23. The number of pyridine rings is 1. The summed E-state index contributed by atoms with van der Waals surface area (Å²) in [5.41, 5.74) is 0.141. The van der Waals surface area contributed by atoms with E-state index in [0.29, 0.717) is 11.3 Å². The monoisotopic (exact) mass is 250 g/mol. The van der Waals surface area contributed by atoms with E-state index in [0.717, 1.165) is 0 Å². The SMILES string of the molecule is CCOC(=O)c1ccncc1NC(=O)C(C)(C)C. The van der Waals surface area contributed by atoms with Crippen molar-refractivity contribution < 1.29 is 14.3 Å². The van der Waals surface area contributed by atoms with Gasteiger partial charge in [-0.25, -0.2) is 4.79 Å². The summed E-state index contributed by atoms with van der Waals surface area (Å²) in [5.74, 6) is -0.648. The molecule has 1 amide bonds. The highest BCUT2D eigenvalue weighted by atomic mass is 16.5. The van der Waals surface area contributed by atoms with Gasteiger partial charge < -0.3 is 10.1 Å². The topological polar surface area (TPSA) is 68.3 Å². The average molecular weight is 250 g/mol. The van der Waals surface area contributed by atoms with Gasteiger partial charge in [-0.2, -0.15) is 0 Å². The molecule has 0 aliphatic heterocycles. The van der Waals surface area contributed by atoms with Gasteiger partial charge in [0.2, 0.25) is 5.91 Å². The van der Waals surface area contributed by atoms with E-state index in [-0.39, 0.29) is 12.5 Å². The molecule has 0 saturated carbocycles. The minimum Gasteiger partial charge on any atom is -0.462 e. The summed E-state index contributed by atoms with van der Waals surface area (Å²) in [6.45, 7) is 7.40. The quantitative estimate of drug-likeness (QED) is 0.835. The van der Waals surface area contributed by atoms with E-state index >= 15 is 0 Å². The molecule has 0 saturated heterocycles. The third kappa shape index (κ3) is 3.55. The fourth-order valence-electron chi connectivity index (χ4n) is 1.19. The van der Waals surface area contributed by atoms with E-state index in [1.54, 1.807) is 27.7 Å². The molecular weight excluding hydrogens is 232 g/mol. The maximum atomic E-state index is 11.9. The maximum Gasteiger partial charge on any atom is 0.340 e. The van der Waals surface area contributed by atoms with Crippen molar-refractivity contribution >= 4 is 17.6 Å². The molecule has 5 heteroatoms. The second-order valence-electron chi connectivity index (χ2n) is 4.85. The normalized spacial score (nSPS) is 10.9. The third-order valence-corrected chi connectivity index (χ3v) is 2.25. The van der Waals surface area contributed by atoms with Crippen molar-refractivity contribution in [2.45, 2.75) is 27.7 Å². The fourth-order valence-corrected chi connectivity index (χ4v) is 1.19. The molecule has 0 atom stereocenters. The van der Waals surface area contributed by atoms with Crippen molar-refractivity contribution in [1.29, 1.82) is 0 Å². The summed E-state index contributed by atoms with van der Waals surface area (Å²) in [5, 5.41) is 2.69. The highest BCUT2D eigenvalue weighted by Crippen LogP contribution is 2.20. The van der Waals surface area contributed by atoms with Crippen molar-refractivity contribution in [3.05, 3.63) is 24.0 Å². The van der Waals surface area contributed by atoms with Crippen molar-refractivity contribution in [3.8, 4) is 0 Å². The molecule has 1 heterocycles. The van der Waals surface area contributed by atoms with Crippen LogP contribution >= 0.6 is 0 Å². The molecule has 1 aromatic rings. The van der Waals surface area contributed by atoms with Gasteiger partial charge in [0.15, 0.2) is 0 Å². The molecule has 18 heavy (non-hydrogen) atoms. The molecule has 0 aliphatic carbocycles. The van der Waals surface area contributed by atoms with Crippen molar-refractivity contribution in [1.82, 2.24) is 4.98 Å². The number of ether oxygens (including phenoxy) is 1.